The van der Waals surface area contributed by atoms with Gasteiger partial charge in [0.25, 0.3) is 0 Å². The fourth-order valence-corrected chi connectivity index (χ4v) is 5.73. The molecule has 3 aromatic carbocycles. The van der Waals surface area contributed by atoms with Crippen LogP contribution in [0, 0.1) is 0 Å². The molecule has 0 amide bonds. The number of aromatic nitrogens is 3. The van der Waals surface area contributed by atoms with E-state index in [9.17, 15) is 9.90 Å². The molecule has 0 aliphatic carbocycles. The van der Waals surface area contributed by atoms with Crippen molar-refractivity contribution in [2.24, 2.45) is 0 Å². The first kappa shape index (κ1) is 25.9. The molecule has 0 atom stereocenters. The zero-order valence-electron chi connectivity index (χ0n) is 22.3. The molecule has 1 aliphatic heterocycles. The van der Waals surface area contributed by atoms with Gasteiger partial charge in [-0.1, -0.05) is 31.9 Å². The molecule has 0 radical (unpaired) electrons. The minimum absolute atomic E-state index is 0.225. The van der Waals surface area contributed by atoms with Gasteiger partial charge in [-0.25, -0.2) is 4.79 Å². The first-order chi connectivity index (χ1) is 19.6. The Morgan fingerprint density at radius 2 is 1.95 bits per heavy atom. The fraction of sp³-hybridized carbons (Fsp3) is 0.300. The maximum atomic E-state index is 12.0. The van der Waals surface area contributed by atoms with Crippen molar-refractivity contribution >= 4 is 39.8 Å². The summed E-state index contributed by atoms with van der Waals surface area (Å²) in [7, 11) is 1.61. The van der Waals surface area contributed by atoms with Crippen molar-refractivity contribution < 1.29 is 28.8 Å². The molecule has 1 aliphatic rings. The predicted molar refractivity (Wildman–Crippen MR) is 153 cm³/mol. The molecule has 3 heterocycles. The van der Waals surface area contributed by atoms with Gasteiger partial charge in [0.15, 0.2) is 11.5 Å². The average Bonchev–Trinajstić information content (AvgIpc) is 3.68. The van der Waals surface area contributed by atoms with Crippen LogP contribution in [0.5, 0.6) is 23.1 Å². The lowest BCUT2D eigenvalue weighted by atomic mass is 10.0. The number of fused-ring (bicyclic) bond motifs is 3. The van der Waals surface area contributed by atoms with Gasteiger partial charge in [0.2, 0.25) is 5.88 Å². The van der Waals surface area contributed by atoms with Gasteiger partial charge in [-0.15, -0.1) is 0 Å². The Hall–Kier alpha value is -4.31. The number of unbranched alkanes of at least 4 members (excludes halogenated alkanes) is 2. The second-order valence-electron chi connectivity index (χ2n) is 9.72. The largest absolute Gasteiger partial charge is 0.512 e. The van der Waals surface area contributed by atoms with Gasteiger partial charge in [0, 0.05) is 17.9 Å². The number of hydrogen-bond donors (Lipinski definition) is 1. The molecule has 0 unspecified atom stereocenters. The van der Waals surface area contributed by atoms with Crippen molar-refractivity contribution in [2.45, 2.75) is 39.2 Å². The molecule has 0 fully saturated rings. The number of methoxy groups -OCH3 is 1. The summed E-state index contributed by atoms with van der Waals surface area (Å²) in [6, 6.07) is 15.6. The summed E-state index contributed by atoms with van der Waals surface area (Å²) >= 11 is 1.16. The summed E-state index contributed by atoms with van der Waals surface area (Å²) in [5.41, 5.74) is 5.89. The van der Waals surface area contributed by atoms with Crippen LogP contribution >= 0.6 is 11.7 Å². The third-order valence-electron chi connectivity index (χ3n) is 7.13. The number of carbonyl (C=O) groups is 1. The van der Waals surface area contributed by atoms with E-state index in [2.05, 4.69) is 15.7 Å². The zero-order valence-corrected chi connectivity index (χ0v) is 23.1. The highest BCUT2D eigenvalue weighted by atomic mass is 32.1. The molecule has 10 heteroatoms. The normalized spacial score (nSPS) is 12.4. The zero-order chi connectivity index (χ0) is 27.6. The smallest absolute Gasteiger partial charge is 0.493 e. The lowest BCUT2D eigenvalue weighted by molar-refractivity contribution is 0.141. The number of nitrogens with zero attached hydrogens (tertiary/aromatic N) is 3. The van der Waals surface area contributed by atoms with Crippen molar-refractivity contribution in [1.29, 1.82) is 0 Å². The van der Waals surface area contributed by atoms with E-state index < -0.39 is 6.16 Å². The van der Waals surface area contributed by atoms with E-state index in [0.717, 1.165) is 81.8 Å². The van der Waals surface area contributed by atoms with Gasteiger partial charge in [-0.3, -0.25) is 0 Å². The van der Waals surface area contributed by atoms with E-state index in [-0.39, 0.29) is 5.88 Å². The second-order valence-corrected chi connectivity index (χ2v) is 10.2. The monoisotopic (exact) mass is 559 g/mol. The van der Waals surface area contributed by atoms with Crippen LogP contribution in [0.4, 0.5) is 4.79 Å². The van der Waals surface area contributed by atoms with Gasteiger partial charge in [0.1, 0.15) is 16.8 Å². The molecule has 5 aromatic rings. The minimum Gasteiger partial charge on any atom is -0.493 e. The molecule has 0 spiro atoms. The number of carboxylic acid groups (broad SMARTS) is 1. The summed E-state index contributed by atoms with van der Waals surface area (Å²) in [6.07, 6.45) is 2.48. The molecule has 6 rings (SSSR count). The number of rotatable bonds is 10. The van der Waals surface area contributed by atoms with Crippen LogP contribution in [-0.4, -0.2) is 44.9 Å². The molecule has 206 valence electrons. The maximum Gasteiger partial charge on any atom is 0.512 e. The molecular weight excluding hydrogens is 530 g/mol. The number of hydrogen-bond acceptors (Lipinski definition) is 8. The summed E-state index contributed by atoms with van der Waals surface area (Å²) in [4.78, 5) is 12.0. The van der Waals surface area contributed by atoms with Crippen molar-refractivity contribution in [1.82, 2.24) is 13.3 Å². The van der Waals surface area contributed by atoms with Crippen LogP contribution in [0.2, 0.25) is 0 Å². The number of benzene rings is 3. The van der Waals surface area contributed by atoms with E-state index in [1.54, 1.807) is 7.11 Å². The third kappa shape index (κ3) is 4.90. The Bertz CT molecular complexity index is 1710. The highest BCUT2D eigenvalue weighted by Gasteiger charge is 2.26. The lowest BCUT2D eigenvalue weighted by Crippen LogP contribution is -2.10. The molecule has 0 saturated heterocycles. The number of ether oxygens (including phenoxy) is 4. The van der Waals surface area contributed by atoms with Crippen molar-refractivity contribution in [3.05, 3.63) is 59.7 Å². The van der Waals surface area contributed by atoms with Crippen LogP contribution in [-0.2, 0) is 13.0 Å². The predicted octanol–water partition coefficient (Wildman–Crippen LogP) is 6.93. The Kier molecular flexibility index (Phi) is 7.17. The quantitative estimate of drug-likeness (QED) is 0.145. The summed E-state index contributed by atoms with van der Waals surface area (Å²) < 4.78 is 33.7. The van der Waals surface area contributed by atoms with E-state index in [4.69, 9.17) is 18.9 Å². The van der Waals surface area contributed by atoms with E-state index >= 15 is 0 Å². The van der Waals surface area contributed by atoms with Crippen molar-refractivity contribution in [2.75, 3.05) is 20.3 Å². The molecule has 0 bridgehead atoms. The van der Waals surface area contributed by atoms with E-state index in [1.165, 1.54) is 0 Å². The molecule has 9 nitrogen and oxygen atoms in total. The topological polar surface area (TPSA) is 105 Å². The highest BCUT2D eigenvalue weighted by molar-refractivity contribution is 7.00. The van der Waals surface area contributed by atoms with Crippen LogP contribution in [0.15, 0.2) is 48.5 Å². The van der Waals surface area contributed by atoms with Crippen LogP contribution in [0.25, 0.3) is 33.1 Å². The molecule has 2 aromatic heterocycles. The summed E-state index contributed by atoms with van der Waals surface area (Å²) in [5, 5.41) is 10.6. The Balaban J connectivity index is 1.56. The van der Waals surface area contributed by atoms with Gasteiger partial charge in [0.05, 0.1) is 49.7 Å². The molecule has 1 N–H and O–H groups in total. The summed E-state index contributed by atoms with van der Waals surface area (Å²) in [6.45, 7) is 3.68. The van der Waals surface area contributed by atoms with Gasteiger partial charge in [-0.2, -0.15) is 8.75 Å². The molecular formula is C30H29N3O6S. The van der Waals surface area contributed by atoms with Crippen LogP contribution in [0.1, 0.15) is 37.3 Å². The molecule has 0 saturated carbocycles. The van der Waals surface area contributed by atoms with Gasteiger partial charge in [-0.05, 0) is 53.4 Å². The Morgan fingerprint density at radius 3 is 2.77 bits per heavy atom. The summed E-state index contributed by atoms with van der Waals surface area (Å²) in [5.74, 6) is 2.24. The van der Waals surface area contributed by atoms with Crippen LogP contribution in [0.3, 0.4) is 0 Å². The standard InChI is InChI=1S/C30H29N3O6S/c1-3-4-5-11-37-27-16-24-21(15-26(27)36-2)28(20-7-9-25-19(14-20)10-12-38-25)29(39-30(34)35)33(24)17-18-6-8-22-23(13-18)32-40-31-22/h6-9,13-16H,3-5,10-12,17H2,1-2H3,(H,34,35). The molecule has 40 heavy (non-hydrogen) atoms. The van der Waals surface area contributed by atoms with Gasteiger partial charge < -0.3 is 28.6 Å². The Labute approximate surface area is 235 Å². The first-order valence-corrected chi connectivity index (χ1v) is 14.0. The van der Waals surface area contributed by atoms with E-state index in [0.29, 0.717) is 36.8 Å². The average molecular weight is 560 g/mol. The van der Waals surface area contributed by atoms with Crippen molar-refractivity contribution in [3.8, 4) is 34.3 Å². The fourth-order valence-electron chi connectivity index (χ4n) is 5.21. The van der Waals surface area contributed by atoms with E-state index in [1.807, 2.05) is 53.1 Å². The Morgan fingerprint density at radius 1 is 1.07 bits per heavy atom. The highest BCUT2D eigenvalue weighted by Crippen LogP contribution is 2.46. The lowest BCUT2D eigenvalue weighted by Gasteiger charge is -2.13. The first-order valence-electron chi connectivity index (χ1n) is 13.3. The van der Waals surface area contributed by atoms with Gasteiger partial charge >= 0.3 is 6.16 Å². The third-order valence-corrected chi connectivity index (χ3v) is 7.68. The van der Waals surface area contributed by atoms with Crippen molar-refractivity contribution in [3.63, 3.8) is 0 Å². The minimum atomic E-state index is -1.39. The van der Waals surface area contributed by atoms with Crippen LogP contribution < -0.4 is 18.9 Å². The maximum absolute atomic E-state index is 12.0. The SMILES string of the molecule is CCCCCOc1cc2c(cc1OC)c(-c1ccc3c(c1)CCO3)c(OC(=O)O)n2Cc1ccc2nsnc2c1. The second kappa shape index (κ2) is 11.1.